The van der Waals surface area contributed by atoms with E-state index < -0.39 is 0 Å². The summed E-state index contributed by atoms with van der Waals surface area (Å²) >= 11 is 0. The summed E-state index contributed by atoms with van der Waals surface area (Å²) in [6.07, 6.45) is 42.8. The summed E-state index contributed by atoms with van der Waals surface area (Å²) in [5.41, 5.74) is 0. The van der Waals surface area contributed by atoms with Crippen molar-refractivity contribution in [3.63, 3.8) is 0 Å². The minimum absolute atomic E-state index is 0.163. The van der Waals surface area contributed by atoms with Crippen LogP contribution >= 0.6 is 0 Å². The van der Waals surface area contributed by atoms with Crippen molar-refractivity contribution in [3.05, 3.63) is 24.3 Å². The first-order valence-corrected chi connectivity index (χ1v) is 20.3. The number of rotatable bonds is 36. The molecule has 0 saturated carbocycles. The molecule has 0 heterocycles. The molecule has 0 aliphatic heterocycles. The maximum atomic E-state index is 12.5. The quantitative estimate of drug-likeness (QED) is 0.0380. The van der Waals surface area contributed by atoms with E-state index in [0.717, 1.165) is 45.1 Å². The first-order valence-electron chi connectivity index (χ1n) is 20.3. The minimum Gasteiger partial charge on any atom is -0.462 e. The summed E-state index contributed by atoms with van der Waals surface area (Å²) < 4.78 is 11.3. The highest BCUT2D eigenvalue weighted by Gasteiger charge is 2.17. The molecule has 5 heteroatoms. The number of unbranched alkanes of at least 4 members (excludes halogenated alkanes) is 22. The van der Waals surface area contributed by atoms with Gasteiger partial charge in [-0.2, -0.15) is 0 Å². The molecule has 0 radical (unpaired) electrons. The van der Waals surface area contributed by atoms with Crippen molar-refractivity contribution in [1.82, 2.24) is 4.90 Å². The Balaban J connectivity index is 3.86. The predicted octanol–water partition coefficient (Wildman–Crippen LogP) is 12.5. The van der Waals surface area contributed by atoms with Gasteiger partial charge in [0.2, 0.25) is 0 Å². The number of carbonyl (C=O) groups is 2. The van der Waals surface area contributed by atoms with E-state index in [0.29, 0.717) is 19.3 Å². The molecule has 0 aliphatic rings. The average molecular weight is 662 g/mol. The van der Waals surface area contributed by atoms with E-state index in [1.165, 1.54) is 128 Å². The molecule has 47 heavy (non-hydrogen) atoms. The van der Waals surface area contributed by atoms with Crippen LogP contribution in [0.25, 0.3) is 0 Å². The number of nitrogens with zero attached hydrogens (tertiary/aromatic N) is 1. The van der Waals surface area contributed by atoms with E-state index in [1.54, 1.807) is 0 Å². The molecule has 0 aromatic carbocycles. The van der Waals surface area contributed by atoms with Crippen molar-refractivity contribution in [3.8, 4) is 0 Å². The summed E-state index contributed by atoms with van der Waals surface area (Å²) in [4.78, 5) is 26.9. The molecule has 1 atom stereocenters. The lowest BCUT2D eigenvalue weighted by atomic mass is 10.1. The van der Waals surface area contributed by atoms with Gasteiger partial charge < -0.3 is 14.4 Å². The van der Waals surface area contributed by atoms with Crippen LogP contribution in [0.4, 0.5) is 0 Å². The lowest BCUT2D eigenvalue weighted by Gasteiger charge is -2.20. The number of allylic oxidation sites excluding steroid dienone is 4. The van der Waals surface area contributed by atoms with Crippen molar-refractivity contribution >= 4 is 11.9 Å². The summed E-state index contributed by atoms with van der Waals surface area (Å²) in [5.74, 6) is -0.342. The molecule has 0 aromatic rings. The Morgan fingerprint density at radius 2 is 0.872 bits per heavy atom. The topological polar surface area (TPSA) is 55.8 Å². The molecule has 0 spiro atoms. The summed E-state index contributed by atoms with van der Waals surface area (Å²) in [6, 6.07) is 0. The van der Waals surface area contributed by atoms with Crippen molar-refractivity contribution in [2.75, 3.05) is 27.2 Å². The third kappa shape index (κ3) is 37.1. The van der Waals surface area contributed by atoms with Gasteiger partial charge in [0, 0.05) is 25.8 Å². The first kappa shape index (κ1) is 45.4. The maximum Gasteiger partial charge on any atom is 0.306 e. The molecule has 0 rings (SSSR count). The third-order valence-corrected chi connectivity index (χ3v) is 8.91. The number of hydrogen-bond donors (Lipinski definition) is 0. The highest BCUT2D eigenvalue weighted by Crippen LogP contribution is 2.13. The molecule has 0 fully saturated rings. The fourth-order valence-corrected chi connectivity index (χ4v) is 5.76. The zero-order valence-electron chi connectivity index (χ0n) is 31.9. The maximum absolute atomic E-state index is 12.5. The van der Waals surface area contributed by atoms with Crippen molar-refractivity contribution in [2.24, 2.45) is 0 Å². The zero-order chi connectivity index (χ0) is 34.5. The molecule has 0 saturated heterocycles. The molecule has 5 nitrogen and oxygen atoms in total. The van der Waals surface area contributed by atoms with Gasteiger partial charge in [-0.25, -0.2) is 0 Å². The van der Waals surface area contributed by atoms with Crippen LogP contribution in [0.2, 0.25) is 0 Å². The van der Waals surface area contributed by atoms with Crippen LogP contribution in [-0.2, 0) is 19.1 Å². The number of carbonyl (C=O) groups excluding carboxylic acids is 2. The zero-order valence-corrected chi connectivity index (χ0v) is 31.9. The number of hydrogen-bond acceptors (Lipinski definition) is 5. The van der Waals surface area contributed by atoms with E-state index in [2.05, 4.69) is 43.1 Å². The molecule has 1 unspecified atom stereocenters. The van der Waals surface area contributed by atoms with Crippen LogP contribution in [0.3, 0.4) is 0 Å². The number of esters is 2. The summed E-state index contributed by atoms with van der Waals surface area (Å²) in [7, 11) is 4.01. The average Bonchev–Trinajstić information content (AvgIpc) is 3.05. The third-order valence-electron chi connectivity index (χ3n) is 8.91. The summed E-state index contributed by atoms with van der Waals surface area (Å²) in [5, 5.41) is 0. The second-order valence-electron chi connectivity index (χ2n) is 14.1. The van der Waals surface area contributed by atoms with E-state index in [1.807, 2.05) is 14.1 Å². The van der Waals surface area contributed by atoms with E-state index in [-0.39, 0.29) is 24.6 Å². The first-order chi connectivity index (χ1) is 23.0. The van der Waals surface area contributed by atoms with Gasteiger partial charge in [-0.1, -0.05) is 141 Å². The smallest absolute Gasteiger partial charge is 0.306 e. The van der Waals surface area contributed by atoms with Gasteiger partial charge in [0.05, 0.1) is 0 Å². The molecule has 276 valence electrons. The molecular formula is C42H79NO4. The van der Waals surface area contributed by atoms with Gasteiger partial charge in [-0.3, -0.25) is 9.59 Å². The van der Waals surface area contributed by atoms with Crippen LogP contribution in [-0.4, -0.2) is 50.2 Å². The fourth-order valence-electron chi connectivity index (χ4n) is 5.76. The highest BCUT2D eigenvalue weighted by atomic mass is 16.6. The fraction of sp³-hybridized carbons (Fsp3) is 0.857. The van der Waals surface area contributed by atoms with Crippen LogP contribution in [0, 0.1) is 0 Å². The lowest BCUT2D eigenvalue weighted by molar-refractivity contribution is -0.159. The van der Waals surface area contributed by atoms with Crippen LogP contribution < -0.4 is 0 Å². The Morgan fingerprint density at radius 1 is 0.511 bits per heavy atom. The predicted molar refractivity (Wildman–Crippen MR) is 203 cm³/mol. The number of ether oxygens (including phenoxy) is 2. The van der Waals surface area contributed by atoms with E-state index in [4.69, 9.17) is 9.47 Å². The van der Waals surface area contributed by atoms with Gasteiger partial charge >= 0.3 is 11.9 Å². The molecule has 0 bridgehead atoms. The molecule has 0 N–H and O–H groups in total. The summed E-state index contributed by atoms with van der Waals surface area (Å²) in [6.45, 7) is 5.49. The van der Waals surface area contributed by atoms with Gasteiger partial charge in [0.25, 0.3) is 0 Å². The van der Waals surface area contributed by atoms with Crippen molar-refractivity contribution in [1.29, 1.82) is 0 Å². The molecular weight excluding hydrogens is 582 g/mol. The van der Waals surface area contributed by atoms with Crippen molar-refractivity contribution in [2.45, 2.75) is 206 Å². The Kier molecular flexibility index (Phi) is 35.9. The Hall–Kier alpha value is -1.62. The Morgan fingerprint density at radius 3 is 1.28 bits per heavy atom. The standard InChI is InChI=1S/C42H79NO4/c1-5-7-9-11-13-15-17-19-21-23-25-27-29-31-33-35-41(44)46-39-40(37-38-43(3)4)47-42(45)36-34-32-30-28-26-24-22-20-18-16-14-12-10-8-6-2/h19-22,40H,5-18,23-39H2,1-4H3. The normalized spacial score (nSPS) is 12.4. The second kappa shape index (κ2) is 37.2. The Labute approximate surface area is 293 Å². The van der Waals surface area contributed by atoms with Gasteiger partial charge in [-0.05, 0) is 78.3 Å². The highest BCUT2D eigenvalue weighted by molar-refractivity contribution is 5.70. The van der Waals surface area contributed by atoms with Crippen LogP contribution in [0.1, 0.15) is 200 Å². The van der Waals surface area contributed by atoms with Crippen molar-refractivity contribution < 1.29 is 19.1 Å². The molecule has 0 aliphatic carbocycles. The van der Waals surface area contributed by atoms with E-state index >= 15 is 0 Å². The van der Waals surface area contributed by atoms with Crippen LogP contribution in [0.15, 0.2) is 24.3 Å². The monoisotopic (exact) mass is 662 g/mol. The van der Waals surface area contributed by atoms with Gasteiger partial charge in [-0.15, -0.1) is 0 Å². The lowest BCUT2D eigenvalue weighted by Crippen LogP contribution is -2.29. The largest absolute Gasteiger partial charge is 0.462 e. The van der Waals surface area contributed by atoms with Crippen LogP contribution in [0.5, 0.6) is 0 Å². The SMILES string of the molecule is CCCCCCCCC=CCCCCCCCC(=O)OCC(CCN(C)C)OC(=O)CCCCCCCC=CCCCCCCCC. The van der Waals surface area contributed by atoms with Gasteiger partial charge in [0.1, 0.15) is 12.7 Å². The molecule has 0 aromatic heterocycles. The molecule has 0 amide bonds. The Bertz CT molecular complexity index is 732. The minimum atomic E-state index is -0.369. The van der Waals surface area contributed by atoms with E-state index in [9.17, 15) is 9.59 Å². The van der Waals surface area contributed by atoms with Gasteiger partial charge in [0.15, 0.2) is 0 Å². The second-order valence-corrected chi connectivity index (χ2v) is 14.1.